The van der Waals surface area contributed by atoms with Crippen molar-refractivity contribution >= 4 is 5.69 Å². The number of aliphatic hydroxyl groups excluding tert-OH is 7. The van der Waals surface area contributed by atoms with Gasteiger partial charge in [-0.3, -0.25) is 10.1 Å². The lowest BCUT2D eigenvalue weighted by atomic mass is 9.97. The smallest absolute Gasteiger partial charge is 0.269 e. The molecule has 10 atom stereocenters. The average Bonchev–Trinajstić information content (AvgIpc) is 2.79. The molecule has 1 aromatic carbocycles. The first kappa shape index (κ1) is 24.7. The maximum atomic E-state index is 10.7. The standard InChI is InChI=1S/C18H25NO13/c20-5-9-11(22)12(23)14(25)18(30-9)32-16-10(6-21)31-17(15(26)13(16)24)29-8-3-1-7(2-4-8)19(27)28/h1-4,9-18,20-26H,5-6H2/t9-,10+,11+,12+,13-,14+,15+,16+,17+,18+/m0/s1. The van der Waals surface area contributed by atoms with Gasteiger partial charge in [0.25, 0.3) is 5.69 Å². The zero-order valence-electron chi connectivity index (χ0n) is 16.5. The second-order valence-electron chi connectivity index (χ2n) is 7.37. The summed E-state index contributed by atoms with van der Waals surface area (Å²) in [5.74, 6) is 0.0804. The van der Waals surface area contributed by atoms with Gasteiger partial charge < -0.3 is 54.7 Å². The highest BCUT2D eigenvalue weighted by Gasteiger charge is 2.51. The summed E-state index contributed by atoms with van der Waals surface area (Å²) in [5, 5.41) is 80.4. The summed E-state index contributed by atoms with van der Waals surface area (Å²) >= 11 is 0. The van der Waals surface area contributed by atoms with Crippen LogP contribution in [0.25, 0.3) is 0 Å². The molecule has 14 nitrogen and oxygen atoms in total. The quantitative estimate of drug-likeness (QED) is 0.155. The molecule has 0 aliphatic carbocycles. The van der Waals surface area contributed by atoms with E-state index in [4.69, 9.17) is 18.9 Å². The number of ether oxygens (including phenoxy) is 4. The number of aliphatic hydroxyl groups is 7. The fourth-order valence-corrected chi connectivity index (χ4v) is 3.43. The van der Waals surface area contributed by atoms with Crippen molar-refractivity contribution in [1.82, 2.24) is 0 Å². The maximum absolute atomic E-state index is 10.7. The zero-order valence-corrected chi connectivity index (χ0v) is 16.5. The predicted molar refractivity (Wildman–Crippen MR) is 100 cm³/mol. The summed E-state index contributed by atoms with van der Waals surface area (Å²) in [5.41, 5.74) is -0.191. The first-order chi connectivity index (χ1) is 15.2. The van der Waals surface area contributed by atoms with Gasteiger partial charge in [0.05, 0.1) is 18.1 Å². The van der Waals surface area contributed by atoms with Crippen molar-refractivity contribution in [1.29, 1.82) is 0 Å². The van der Waals surface area contributed by atoms with Crippen LogP contribution in [-0.2, 0) is 14.2 Å². The number of non-ortho nitro benzene ring substituents is 1. The number of hydrogen-bond acceptors (Lipinski definition) is 13. The largest absolute Gasteiger partial charge is 0.462 e. The summed E-state index contributed by atoms with van der Waals surface area (Å²) in [4.78, 5) is 10.1. The van der Waals surface area contributed by atoms with Crippen LogP contribution in [-0.4, -0.2) is 115 Å². The summed E-state index contributed by atoms with van der Waals surface area (Å²) in [6, 6.07) is 4.83. The van der Waals surface area contributed by atoms with E-state index in [0.29, 0.717) is 0 Å². The van der Waals surface area contributed by atoms with E-state index in [2.05, 4.69) is 0 Å². The van der Waals surface area contributed by atoms with Gasteiger partial charge in [0.15, 0.2) is 6.29 Å². The van der Waals surface area contributed by atoms with E-state index in [1.165, 1.54) is 12.1 Å². The van der Waals surface area contributed by atoms with Crippen molar-refractivity contribution < 1.29 is 59.6 Å². The van der Waals surface area contributed by atoms with Crippen molar-refractivity contribution in [3.05, 3.63) is 34.4 Å². The highest BCUT2D eigenvalue weighted by atomic mass is 16.7. The van der Waals surface area contributed by atoms with Gasteiger partial charge in [0, 0.05) is 12.1 Å². The molecule has 2 saturated heterocycles. The van der Waals surface area contributed by atoms with Crippen LogP contribution in [0.2, 0.25) is 0 Å². The molecule has 2 aliphatic heterocycles. The van der Waals surface area contributed by atoms with Crippen molar-refractivity contribution in [2.45, 2.75) is 61.4 Å². The van der Waals surface area contributed by atoms with Gasteiger partial charge in [0.1, 0.15) is 54.6 Å². The molecule has 0 bridgehead atoms. The van der Waals surface area contributed by atoms with Crippen LogP contribution in [0.3, 0.4) is 0 Å². The Labute approximate surface area is 180 Å². The third-order valence-electron chi connectivity index (χ3n) is 5.26. The summed E-state index contributed by atoms with van der Waals surface area (Å²) < 4.78 is 21.5. The summed E-state index contributed by atoms with van der Waals surface area (Å²) in [6.45, 7) is -1.42. The monoisotopic (exact) mass is 463 g/mol. The molecule has 0 spiro atoms. The lowest BCUT2D eigenvalue weighted by Crippen LogP contribution is -2.65. The van der Waals surface area contributed by atoms with Crippen molar-refractivity contribution in [2.75, 3.05) is 13.2 Å². The summed E-state index contributed by atoms with van der Waals surface area (Å²) in [7, 11) is 0. The molecular weight excluding hydrogens is 438 g/mol. The van der Waals surface area contributed by atoms with Gasteiger partial charge in [-0.05, 0) is 12.1 Å². The first-order valence-corrected chi connectivity index (χ1v) is 9.67. The fourth-order valence-electron chi connectivity index (χ4n) is 3.43. The van der Waals surface area contributed by atoms with Gasteiger partial charge in [-0.1, -0.05) is 0 Å². The SMILES string of the molecule is O=[N+]([O-])c1ccc(O[C@@H]2O[C@H](CO)[C@@H](O[C@H]3O[C@@H](CO)[C@@H](O)[C@@H](O)[C@H]3O)[C@@H](O)[C@H]2O)cc1. The van der Waals surface area contributed by atoms with E-state index in [9.17, 15) is 45.9 Å². The number of hydrogen-bond donors (Lipinski definition) is 7. The second kappa shape index (κ2) is 10.3. The number of nitrogens with zero attached hydrogens (tertiary/aromatic N) is 1. The van der Waals surface area contributed by atoms with Crippen molar-refractivity contribution in [3.8, 4) is 5.75 Å². The van der Waals surface area contributed by atoms with Gasteiger partial charge >= 0.3 is 0 Å². The van der Waals surface area contributed by atoms with Crippen molar-refractivity contribution in [2.24, 2.45) is 0 Å². The van der Waals surface area contributed by atoms with Crippen LogP contribution in [0, 0.1) is 10.1 Å². The molecule has 2 aliphatic rings. The Morgan fingerprint density at radius 3 is 1.94 bits per heavy atom. The van der Waals surface area contributed by atoms with Gasteiger partial charge in [0.2, 0.25) is 6.29 Å². The second-order valence-corrected chi connectivity index (χ2v) is 7.37. The van der Waals surface area contributed by atoms with Gasteiger partial charge in [-0.2, -0.15) is 0 Å². The van der Waals surface area contributed by atoms with Crippen LogP contribution in [0.5, 0.6) is 5.75 Å². The minimum absolute atomic E-state index is 0.0804. The van der Waals surface area contributed by atoms with E-state index < -0.39 is 79.5 Å². The predicted octanol–water partition coefficient (Wildman–Crippen LogP) is -3.40. The molecule has 7 N–H and O–H groups in total. The molecule has 0 unspecified atom stereocenters. The highest BCUT2D eigenvalue weighted by molar-refractivity contribution is 5.36. The van der Waals surface area contributed by atoms with Gasteiger partial charge in [-0.25, -0.2) is 0 Å². The molecule has 0 amide bonds. The van der Waals surface area contributed by atoms with Crippen LogP contribution < -0.4 is 4.74 Å². The molecular formula is C18H25NO13. The zero-order chi connectivity index (χ0) is 23.6. The van der Waals surface area contributed by atoms with E-state index in [-0.39, 0.29) is 11.4 Å². The molecule has 180 valence electrons. The highest BCUT2D eigenvalue weighted by Crippen LogP contribution is 2.30. The van der Waals surface area contributed by atoms with E-state index in [1.807, 2.05) is 0 Å². The summed E-state index contributed by atoms with van der Waals surface area (Å²) in [6.07, 6.45) is -15.7. The van der Waals surface area contributed by atoms with Crippen LogP contribution in [0.1, 0.15) is 0 Å². The van der Waals surface area contributed by atoms with Crippen LogP contribution in [0.4, 0.5) is 5.69 Å². The number of rotatable bonds is 7. The molecule has 0 radical (unpaired) electrons. The third-order valence-corrected chi connectivity index (χ3v) is 5.26. The fraction of sp³-hybridized carbons (Fsp3) is 0.667. The molecule has 2 fully saturated rings. The Bertz CT molecular complexity index is 760. The topological polar surface area (TPSA) is 222 Å². The average molecular weight is 463 g/mol. The number of nitro groups is 1. The normalized spacial score (nSPS) is 40.1. The Balaban J connectivity index is 1.70. The maximum Gasteiger partial charge on any atom is 0.269 e. The molecule has 0 aromatic heterocycles. The Hall–Kier alpha value is -1.98. The van der Waals surface area contributed by atoms with Crippen LogP contribution in [0.15, 0.2) is 24.3 Å². The Morgan fingerprint density at radius 2 is 1.38 bits per heavy atom. The number of nitro benzene ring substituents is 1. The lowest BCUT2D eigenvalue weighted by molar-refractivity contribution is -0.384. The minimum atomic E-state index is -1.77. The molecule has 3 rings (SSSR count). The van der Waals surface area contributed by atoms with E-state index >= 15 is 0 Å². The number of benzene rings is 1. The Morgan fingerprint density at radius 1 is 0.812 bits per heavy atom. The lowest BCUT2D eigenvalue weighted by Gasteiger charge is -2.45. The van der Waals surface area contributed by atoms with E-state index in [1.54, 1.807) is 0 Å². The molecule has 0 saturated carbocycles. The first-order valence-electron chi connectivity index (χ1n) is 9.67. The van der Waals surface area contributed by atoms with E-state index in [0.717, 1.165) is 12.1 Å². The molecule has 14 heteroatoms. The Kier molecular flexibility index (Phi) is 7.94. The molecule has 32 heavy (non-hydrogen) atoms. The molecule has 2 heterocycles. The van der Waals surface area contributed by atoms with Crippen LogP contribution >= 0.6 is 0 Å². The van der Waals surface area contributed by atoms with Gasteiger partial charge in [-0.15, -0.1) is 0 Å². The van der Waals surface area contributed by atoms with Crippen molar-refractivity contribution in [3.63, 3.8) is 0 Å². The molecule has 1 aromatic rings. The third kappa shape index (κ3) is 4.99. The minimum Gasteiger partial charge on any atom is -0.462 e.